The molecule has 7 heteroatoms. The normalized spacial score (nSPS) is 14.3. The van der Waals surface area contributed by atoms with Gasteiger partial charge >= 0.3 is 6.18 Å². The van der Waals surface area contributed by atoms with E-state index in [2.05, 4.69) is 46.1 Å². The van der Waals surface area contributed by atoms with Gasteiger partial charge in [0.15, 0.2) is 0 Å². The molecular formula is C28H33F3N3P. The van der Waals surface area contributed by atoms with Crippen molar-refractivity contribution in [2.24, 2.45) is 0 Å². The van der Waals surface area contributed by atoms with Crippen LogP contribution in [-0.4, -0.2) is 35.0 Å². The van der Waals surface area contributed by atoms with E-state index in [-0.39, 0.29) is 0 Å². The summed E-state index contributed by atoms with van der Waals surface area (Å²) in [4.78, 5) is 7.41. The Kier molecular flexibility index (Phi) is 8.33. The number of imidazole rings is 1. The van der Waals surface area contributed by atoms with Gasteiger partial charge < -0.3 is 10.3 Å². The van der Waals surface area contributed by atoms with Gasteiger partial charge in [0.1, 0.15) is 12.4 Å². The van der Waals surface area contributed by atoms with E-state index in [1.807, 2.05) is 30.5 Å². The van der Waals surface area contributed by atoms with Crippen LogP contribution in [0, 0.1) is 0 Å². The number of fused-ring (bicyclic) bond motifs is 3. The van der Waals surface area contributed by atoms with Crippen LogP contribution >= 0.6 is 8.58 Å². The third-order valence-corrected chi connectivity index (χ3v) is 8.22. The lowest BCUT2D eigenvalue weighted by Crippen LogP contribution is -2.39. The maximum atomic E-state index is 13.1. The van der Waals surface area contributed by atoms with Crippen LogP contribution < -0.4 is 5.32 Å². The minimum atomic E-state index is -4.29. The molecule has 1 aromatic heterocycles. The monoisotopic (exact) mass is 499 g/mol. The molecule has 0 aliphatic heterocycles. The highest BCUT2D eigenvalue weighted by Crippen LogP contribution is 2.54. The number of nitrogens with one attached hydrogen (secondary N) is 2. The zero-order valence-corrected chi connectivity index (χ0v) is 20.9. The first-order valence-electron chi connectivity index (χ1n) is 12.3. The molecule has 1 atom stereocenters. The number of aromatic amines is 1. The Labute approximate surface area is 207 Å². The Morgan fingerprint density at radius 2 is 1.60 bits per heavy atom. The number of hydrogen-bond acceptors (Lipinski definition) is 2. The van der Waals surface area contributed by atoms with Crippen molar-refractivity contribution < 1.29 is 13.2 Å². The number of aromatic nitrogens is 2. The van der Waals surface area contributed by atoms with Crippen molar-refractivity contribution in [3.8, 4) is 11.1 Å². The molecule has 4 rings (SSSR count). The number of unbranched alkanes of at least 4 members (excludes halogenated alkanes) is 2. The fourth-order valence-corrected chi connectivity index (χ4v) is 6.36. The molecule has 35 heavy (non-hydrogen) atoms. The Morgan fingerprint density at radius 3 is 2.23 bits per heavy atom. The zero-order valence-electron chi connectivity index (χ0n) is 19.9. The number of allylic oxidation sites excluding steroid dienone is 1. The molecule has 0 saturated carbocycles. The van der Waals surface area contributed by atoms with Gasteiger partial charge in [-0.25, -0.2) is 4.98 Å². The molecule has 186 valence electrons. The summed E-state index contributed by atoms with van der Waals surface area (Å²) in [6.07, 6.45) is 7.79. The summed E-state index contributed by atoms with van der Waals surface area (Å²) in [6, 6.07) is 16.2. The third-order valence-electron chi connectivity index (χ3n) is 6.81. The lowest BCUT2D eigenvalue weighted by Gasteiger charge is -2.35. The van der Waals surface area contributed by atoms with Crippen LogP contribution in [0.2, 0.25) is 0 Å². The number of H-pyrrole nitrogens is 1. The minimum absolute atomic E-state index is 0.437. The molecule has 0 bridgehead atoms. The van der Waals surface area contributed by atoms with E-state index in [1.165, 1.54) is 12.3 Å². The molecule has 3 nitrogen and oxygen atoms in total. The van der Waals surface area contributed by atoms with Crippen LogP contribution in [0.5, 0.6) is 0 Å². The van der Waals surface area contributed by atoms with Gasteiger partial charge in [-0.2, -0.15) is 13.2 Å². The first-order chi connectivity index (χ1) is 16.9. The predicted molar refractivity (Wildman–Crippen MR) is 139 cm³/mol. The van der Waals surface area contributed by atoms with Crippen molar-refractivity contribution in [2.75, 3.05) is 18.9 Å². The number of benzene rings is 2. The van der Waals surface area contributed by atoms with Crippen molar-refractivity contribution in [3.05, 3.63) is 90.2 Å². The minimum Gasteiger partial charge on any atom is -0.379 e. The Balaban J connectivity index is 1.39. The van der Waals surface area contributed by atoms with Gasteiger partial charge in [-0.15, -0.1) is 8.58 Å². The van der Waals surface area contributed by atoms with Gasteiger partial charge in [-0.3, -0.25) is 0 Å². The van der Waals surface area contributed by atoms with Crippen LogP contribution in [0.15, 0.2) is 73.2 Å². The summed E-state index contributed by atoms with van der Waals surface area (Å²) in [6.45, 7) is 3.09. The zero-order chi connectivity index (χ0) is 24.7. The number of rotatable bonds is 13. The summed E-state index contributed by atoms with van der Waals surface area (Å²) in [5, 5.41) is 2.65. The van der Waals surface area contributed by atoms with Gasteiger partial charge in [0.25, 0.3) is 0 Å². The van der Waals surface area contributed by atoms with Crippen molar-refractivity contribution in [3.63, 3.8) is 0 Å². The highest BCUT2D eigenvalue weighted by Gasteiger charge is 2.45. The number of hydrogen-bond donors (Lipinski definition) is 2. The fourth-order valence-electron chi connectivity index (χ4n) is 5.19. The molecule has 1 unspecified atom stereocenters. The lowest BCUT2D eigenvalue weighted by atomic mass is 9.72. The standard InChI is InChI=1S/C28H33F3N3P/c1-21(34-20-28(29,30)31)27(15-7-2-8-18-35-19-9-14-26-32-16-17-33-26)24-12-5-3-10-22(24)23-11-4-6-13-25(23)27/h3-6,10-13,16-17,34-35H,1-2,7-9,14-15,18-20H2,(H,32,33). The summed E-state index contributed by atoms with van der Waals surface area (Å²) in [5.41, 5.74) is 4.09. The maximum absolute atomic E-state index is 13.1. The molecule has 0 spiro atoms. The van der Waals surface area contributed by atoms with E-state index < -0.39 is 18.1 Å². The molecule has 0 fully saturated rings. The summed E-state index contributed by atoms with van der Waals surface area (Å²) >= 11 is 0. The first-order valence-corrected chi connectivity index (χ1v) is 13.7. The second kappa shape index (κ2) is 11.4. The molecule has 2 N–H and O–H groups in total. The largest absolute Gasteiger partial charge is 0.405 e. The smallest absolute Gasteiger partial charge is 0.379 e. The lowest BCUT2D eigenvalue weighted by molar-refractivity contribution is -0.123. The maximum Gasteiger partial charge on any atom is 0.405 e. The average Bonchev–Trinajstić information content (AvgIpc) is 3.46. The van der Waals surface area contributed by atoms with Crippen LogP contribution in [0.4, 0.5) is 13.2 Å². The molecule has 1 heterocycles. The molecular weight excluding hydrogens is 466 g/mol. The van der Waals surface area contributed by atoms with Crippen LogP contribution in [-0.2, 0) is 11.8 Å². The second-order valence-corrected chi connectivity index (χ2v) is 10.6. The topological polar surface area (TPSA) is 40.7 Å². The molecule has 2 aromatic carbocycles. The molecule has 1 aliphatic carbocycles. The van der Waals surface area contributed by atoms with Crippen LogP contribution in [0.3, 0.4) is 0 Å². The van der Waals surface area contributed by atoms with E-state index >= 15 is 0 Å². The first kappa shape index (κ1) is 25.5. The van der Waals surface area contributed by atoms with Crippen molar-refractivity contribution >= 4 is 8.58 Å². The van der Waals surface area contributed by atoms with Gasteiger partial charge in [0.2, 0.25) is 0 Å². The fraction of sp³-hybridized carbons (Fsp3) is 0.393. The van der Waals surface area contributed by atoms with Crippen molar-refractivity contribution in [2.45, 2.75) is 50.1 Å². The number of nitrogens with zero attached hydrogens (tertiary/aromatic N) is 1. The summed E-state index contributed by atoms with van der Waals surface area (Å²) < 4.78 is 39.2. The van der Waals surface area contributed by atoms with Gasteiger partial charge in [-0.05, 0) is 53.8 Å². The van der Waals surface area contributed by atoms with E-state index in [4.69, 9.17) is 0 Å². The van der Waals surface area contributed by atoms with Crippen LogP contribution in [0.25, 0.3) is 11.1 Å². The van der Waals surface area contributed by atoms with E-state index in [0.717, 1.165) is 75.2 Å². The molecule has 0 saturated heterocycles. The van der Waals surface area contributed by atoms with Crippen molar-refractivity contribution in [1.29, 1.82) is 0 Å². The second-order valence-electron chi connectivity index (χ2n) is 9.14. The summed E-state index contributed by atoms with van der Waals surface area (Å²) in [5.74, 6) is 1.05. The van der Waals surface area contributed by atoms with E-state index in [1.54, 1.807) is 6.20 Å². The average molecular weight is 500 g/mol. The SMILES string of the molecule is C=C(NCC(F)(F)F)C1(CCCCCPCCCc2ncc[nH]2)c2ccccc2-c2ccccc21. The highest BCUT2D eigenvalue weighted by atomic mass is 31.1. The Bertz CT molecular complexity index is 1060. The molecule has 3 aromatic rings. The quantitative estimate of drug-likeness (QED) is 0.193. The Hall–Kier alpha value is -2.59. The molecule has 0 radical (unpaired) electrons. The van der Waals surface area contributed by atoms with Gasteiger partial charge in [0.05, 0.1) is 5.41 Å². The highest BCUT2D eigenvalue weighted by molar-refractivity contribution is 7.37. The predicted octanol–water partition coefficient (Wildman–Crippen LogP) is 7.21. The van der Waals surface area contributed by atoms with Crippen LogP contribution in [0.1, 0.15) is 49.1 Å². The third kappa shape index (κ3) is 5.98. The van der Waals surface area contributed by atoms with Gasteiger partial charge in [0, 0.05) is 24.5 Å². The number of halogens is 3. The van der Waals surface area contributed by atoms with E-state index in [0.29, 0.717) is 5.70 Å². The van der Waals surface area contributed by atoms with Crippen molar-refractivity contribution in [1.82, 2.24) is 15.3 Å². The Morgan fingerprint density at radius 1 is 0.943 bits per heavy atom. The molecule has 0 amide bonds. The van der Waals surface area contributed by atoms with E-state index in [9.17, 15) is 13.2 Å². The molecule has 1 aliphatic rings. The summed E-state index contributed by atoms with van der Waals surface area (Å²) in [7, 11) is 0.938. The number of alkyl halides is 3. The van der Waals surface area contributed by atoms with Gasteiger partial charge in [-0.1, -0.05) is 68.0 Å². The number of aryl methyl sites for hydroxylation is 1.